The normalized spacial score (nSPS) is 11.8. The Labute approximate surface area is 268 Å². The van der Waals surface area contributed by atoms with Crippen molar-refractivity contribution in [3.8, 4) is 5.75 Å². The van der Waals surface area contributed by atoms with Gasteiger partial charge in [-0.25, -0.2) is 8.42 Å². The van der Waals surface area contributed by atoms with Crippen LogP contribution >= 0.6 is 23.2 Å². The van der Waals surface area contributed by atoms with Gasteiger partial charge in [-0.2, -0.15) is 0 Å². The lowest BCUT2D eigenvalue weighted by atomic mass is 10.0. The predicted octanol–water partition coefficient (Wildman–Crippen LogP) is 5.97. The molecule has 0 saturated carbocycles. The van der Waals surface area contributed by atoms with Crippen LogP contribution in [0.15, 0.2) is 108 Å². The summed E-state index contributed by atoms with van der Waals surface area (Å²) in [5.74, 6) is -0.471. The maximum atomic E-state index is 14.4. The lowest BCUT2D eigenvalue weighted by Gasteiger charge is -2.34. The van der Waals surface area contributed by atoms with Crippen molar-refractivity contribution in [3.05, 3.63) is 124 Å². The number of likely N-dealkylation sites (N-methyl/N-ethyl adjacent to an activating group) is 1. The zero-order valence-corrected chi connectivity index (χ0v) is 26.6. The van der Waals surface area contributed by atoms with Crippen LogP contribution in [0.25, 0.3) is 0 Å². The monoisotopic (exact) mass is 653 g/mol. The molecule has 4 rings (SSSR count). The minimum atomic E-state index is -4.27. The summed E-state index contributed by atoms with van der Waals surface area (Å²) in [6.45, 7) is 1.56. The second kappa shape index (κ2) is 15.1. The molecule has 4 aromatic rings. The van der Waals surface area contributed by atoms with Gasteiger partial charge in [0, 0.05) is 29.6 Å². The Bertz CT molecular complexity index is 1690. The average molecular weight is 655 g/mol. The summed E-state index contributed by atoms with van der Waals surface area (Å²) in [5.41, 5.74) is 1.72. The molecule has 44 heavy (non-hydrogen) atoms. The fourth-order valence-electron chi connectivity index (χ4n) is 4.71. The number of hydrogen-bond acceptors (Lipinski definition) is 5. The van der Waals surface area contributed by atoms with Gasteiger partial charge in [-0.15, -0.1) is 0 Å². The Balaban J connectivity index is 1.79. The molecule has 0 bridgehead atoms. The van der Waals surface area contributed by atoms with Crippen LogP contribution < -0.4 is 14.4 Å². The zero-order valence-electron chi connectivity index (χ0n) is 24.3. The molecule has 8 nitrogen and oxygen atoms in total. The molecule has 4 aromatic carbocycles. The van der Waals surface area contributed by atoms with Crippen molar-refractivity contribution in [1.29, 1.82) is 0 Å². The zero-order chi connectivity index (χ0) is 31.7. The third kappa shape index (κ3) is 8.31. The SMILES string of the molecule is CCNC(=O)[C@@H](Cc1ccccc1)N(Cc1cccc(Cl)c1)C(=O)CN(c1cccc(Cl)c1)S(=O)(=O)c1ccc(OC)cc1. The molecule has 1 N–H and O–H groups in total. The van der Waals surface area contributed by atoms with Gasteiger partial charge in [0.1, 0.15) is 18.3 Å². The van der Waals surface area contributed by atoms with Crippen molar-refractivity contribution < 1.29 is 22.7 Å². The lowest BCUT2D eigenvalue weighted by molar-refractivity contribution is -0.140. The van der Waals surface area contributed by atoms with Crippen LogP contribution in [0.4, 0.5) is 5.69 Å². The van der Waals surface area contributed by atoms with Crippen molar-refractivity contribution in [2.45, 2.75) is 30.8 Å². The van der Waals surface area contributed by atoms with Gasteiger partial charge >= 0.3 is 0 Å². The molecule has 0 saturated heterocycles. The van der Waals surface area contributed by atoms with Crippen LogP contribution in [0.2, 0.25) is 10.0 Å². The summed E-state index contributed by atoms with van der Waals surface area (Å²) in [7, 11) is -2.79. The number of carbonyl (C=O) groups is 2. The van der Waals surface area contributed by atoms with E-state index in [9.17, 15) is 18.0 Å². The van der Waals surface area contributed by atoms with E-state index >= 15 is 0 Å². The molecule has 0 fully saturated rings. The number of nitrogens with one attached hydrogen (secondary N) is 1. The summed E-state index contributed by atoms with van der Waals surface area (Å²) in [6, 6.07) is 27.5. The minimum absolute atomic E-state index is 0.0139. The average Bonchev–Trinajstić information content (AvgIpc) is 3.02. The van der Waals surface area contributed by atoms with E-state index in [0.29, 0.717) is 27.9 Å². The van der Waals surface area contributed by atoms with Gasteiger partial charge in [-0.3, -0.25) is 13.9 Å². The van der Waals surface area contributed by atoms with Gasteiger partial charge in [-0.1, -0.05) is 71.7 Å². The van der Waals surface area contributed by atoms with E-state index in [-0.39, 0.29) is 29.5 Å². The Kier molecular flexibility index (Phi) is 11.3. The standard InChI is InChI=1S/C33H33Cl2N3O5S/c1-3-36-33(40)31(20-24-9-5-4-6-10-24)37(22-25-11-7-12-26(34)19-25)32(39)23-38(28-14-8-13-27(35)21-28)44(41,42)30-17-15-29(43-2)16-18-30/h4-19,21,31H,3,20,22-23H2,1-2H3,(H,36,40)/t31-/m1/s1. The van der Waals surface area contributed by atoms with Crippen LogP contribution in [-0.4, -0.2) is 51.4 Å². The van der Waals surface area contributed by atoms with Crippen molar-refractivity contribution >= 4 is 50.7 Å². The fraction of sp³-hybridized carbons (Fsp3) is 0.212. The largest absolute Gasteiger partial charge is 0.497 e. The molecular weight excluding hydrogens is 621 g/mol. The van der Waals surface area contributed by atoms with Crippen LogP contribution in [0.1, 0.15) is 18.1 Å². The van der Waals surface area contributed by atoms with Crippen molar-refractivity contribution in [2.75, 3.05) is 24.5 Å². The van der Waals surface area contributed by atoms with Crippen molar-refractivity contribution in [1.82, 2.24) is 10.2 Å². The molecule has 230 valence electrons. The molecule has 11 heteroatoms. The molecular formula is C33H33Cl2N3O5S. The van der Waals surface area contributed by atoms with Gasteiger partial charge in [0.25, 0.3) is 10.0 Å². The number of ether oxygens (including phenoxy) is 1. The summed E-state index contributed by atoms with van der Waals surface area (Å²) >= 11 is 12.5. The molecule has 0 aliphatic heterocycles. The summed E-state index contributed by atoms with van der Waals surface area (Å²) in [6.07, 6.45) is 0.210. The molecule has 2 amide bonds. The molecule has 0 aliphatic rings. The van der Waals surface area contributed by atoms with Crippen LogP contribution in [-0.2, 0) is 32.6 Å². The molecule has 1 atom stereocenters. The van der Waals surface area contributed by atoms with E-state index in [1.807, 2.05) is 30.3 Å². The highest BCUT2D eigenvalue weighted by Crippen LogP contribution is 2.28. The van der Waals surface area contributed by atoms with E-state index in [4.69, 9.17) is 27.9 Å². The number of anilines is 1. The predicted molar refractivity (Wildman–Crippen MR) is 174 cm³/mol. The Morgan fingerprint density at radius 1 is 0.841 bits per heavy atom. The van der Waals surface area contributed by atoms with E-state index < -0.39 is 28.5 Å². The van der Waals surface area contributed by atoms with Gasteiger partial charge < -0.3 is 15.0 Å². The highest BCUT2D eigenvalue weighted by molar-refractivity contribution is 7.92. The maximum Gasteiger partial charge on any atom is 0.264 e. The van der Waals surface area contributed by atoms with Crippen molar-refractivity contribution in [3.63, 3.8) is 0 Å². The second-order valence-corrected chi connectivity index (χ2v) is 12.7. The van der Waals surface area contributed by atoms with E-state index in [2.05, 4.69) is 5.32 Å². The first-order valence-electron chi connectivity index (χ1n) is 13.9. The summed E-state index contributed by atoms with van der Waals surface area (Å²) in [4.78, 5) is 29.3. The highest BCUT2D eigenvalue weighted by atomic mass is 35.5. The number of amides is 2. The second-order valence-electron chi connectivity index (χ2n) is 9.92. The Hall–Kier alpha value is -4.05. The lowest BCUT2D eigenvalue weighted by Crippen LogP contribution is -2.53. The Morgan fingerprint density at radius 2 is 1.48 bits per heavy atom. The molecule has 0 aliphatic carbocycles. The number of sulfonamides is 1. The number of methoxy groups -OCH3 is 1. The minimum Gasteiger partial charge on any atom is -0.497 e. The maximum absolute atomic E-state index is 14.4. The van der Waals surface area contributed by atoms with Crippen LogP contribution in [0.5, 0.6) is 5.75 Å². The molecule has 0 radical (unpaired) electrons. The first kappa shape index (κ1) is 32.9. The number of nitrogens with zero attached hydrogens (tertiary/aromatic N) is 2. The number of halogens is 2. The first-order valence-corrected chi connectivity index (χ1v) is 16.1. The van der Waals surface area contributed by atoms with Gasteiger partial charge in [-0.05, 0) is 72.6 Å². The number of benzene rings is 4. The van der Waals surface area contributed by atoms with E-state index in [1.165, 1.54) is 42.3 Å². The first-order chi connectivity index (χ1) is 21.1. The fourth-order valence-corrected chi connectivity index (χ4v) is 6.52. The molecule has 0 spiro atoms. The quantitative estimate of drug-likeness (QED) is 0.192. The summed E-state index contributed by atoms with van der Waals surface area (Å²) in [5, 5.41) is 3.60. The number of rotatable bonds is 13. The topological polar surface area (TPSA) is 96.0 Å². The molecule has 0 aromatic heterocycles. The van der Waals surface area contributed by atoms with Gasteiger partial charge in [0.2, 0.25) is 11.8 Å². The van der Waals surface area contributed by atoms with E-state index in [0.717, 1.165) is 9.87 Å². The van der Waals surface area contributed by atoms with Gasteiger partial charge in [0.15, 0.2) is 0 Å². The molecule has 0 heterocycles. The van der Waals surface area contributed by atoms with Crippen LogP contribution in [0.3, 0.4) is 0 Å². The smallest absolute Gasteiger partial charge is 0.264 e. The summed E-state index contributed by atoms with van der Waals surface area (Å²) < 4.78 is 34.3. The third-order valence-corrected chi connectivity index (χ3v) is 9.14. The number of carbonyl (C=O) groups excluding carboxylic acids is 2. The molecule has 0 unspecified atom stereocenters. The third-order valence-electron chi connectivity index (χ3n) is 6.89. The van der Waals surface area contributed by atoms with Crippen molar-refractivity contribution in [2.24, 2.45) is 0 Å². The van der Waals surface area contributed by atoms with Crippen LogP contribution in [0, 0.1) is 0 Å². The Morgan fingerprint density at radius 3 is 2.09 bits per heavy atom. The van der Waals surface area contributed by atoms with Gasteiger partial charge in [0.05, 0.1) is 17.7 Å². The highest BCUT2D eigenvalue weighted by Gasteiger charge is 2.34. The van der Waals surface area contributed by atoms with E-state index in [1.54, 1.807) is 49.4 Å². The number of hydrogen-bond donors (Lipinski definition) is 1.